The first kappa shape index (κ1) is 19.6. The van der Waals surface area contributed by atoms with Gasteiger partial charge in [-0.05, 0) is 42.4 Å². The third-order valence-corrected chi connectivity index (χ3v) is 5.49. The van der Waals surface area contributed by atoms with Crippen molar-refractivity contribution in [1.82, 2.24) is 10.2 Å². The highest BCUT2D eigenvalue weighted by atomic mass is 35.5. The number of carbonyl (C=O) groups excluding carboxylic acids is 2. The number of benzene rings is 1. The summed E-state index contributed by atoms with van der Waals surface area (Å²) < 4.78 is 4.57. The predicted octanol–water partition coefficient (Wildman–Crippen LogP) is 3.60. The van der Waals surface area contributed by atoms with Gasteiger partial charge in [-0.15, -0.1) is 0 Å². The Kier molecular flexibility index (Phi) is 6.71. The lowest BCUT2D eigenvalue weighted by Gasteiger charge is -2.41. The van der Waals surface area contributed by atoms with Crippen LogP contribution >= 0.6 is 11.6 Å². The quantitative estimate of drug-likeness (QED) is 0.866. The van der Waals surface area contributed by atoms with Crippen molar-refractivity contribution in [3.05, 3.63) is 34.9 Å². The lowest BCUT2D eigenvalue weighted by molar-refractivity contribution is -0.137. The molecule has 0 aliphatic carbocycles. The fraction of sp³-hybridized carbons (Fsp3) is 0.579. The number of nitrogens with zero attached hydrogens (tertiary/aromatic N) is 1. The average molecular weight is 367 g/mol. The van der Waals surface area contributed by atoms with E-state index in [1.165, 1.54) is 12.7 Å². The Morgan fingerprint density at radius 3 is 2.40 bits per heavy atom. The molecule has 0 aromatic heterocycles. The third-order valence-electron chi connectivity index (χ3n) is 5.24. The Hall–Kier alpha value is -1.75. The van der Waals surface area contributed by atoms with Gasteiger partial charge in [-0.25, -0.2) is 4.79 Å². The van der Waals surface area contributed by atoms with E-state index in [0.29, 0.717) is 13.0 Å². The van der Waals surface area contributed by atoms with E-state index >= 15 is 0 Å². The van der Waals surface area contributed by atoms with E-state index in [-0.39, 0.29) is 17.2 Å². The van der Waals surface area contributed by atoms with Crippen molar-refractivity contribution in [3.63, 3.8) is 0 Å². The number of piperidine rings is 1. The molecule has 1 N–H and O–H groups in total. The number of nitrogens with one attached hydrogen (secondary N) is 1. The number of methoxy groups -OCH3 is 1. The Morgan fingerprint density at radius 1 is 1.28 bits per heavy atom. The molecule has 1 atom stereocenters. The summed E-state index contributed by atoms with van der Waals surface area (Å²) in [7, 11) is 1.32. The van der Waals surface area contributed by atoms with Gasteiger partial charge >= 0.3 is 6.09 Å². The molecule has 1 fully saturated rings. The summed E-state index contributed by atoms with van der Waals surface area (Å²) in [5.41, 5.74) is 1.33. The van der Waals surface area contributed by atoms with Crippen LogP contribution in [0.3, 0.4) is 0 Å². The molecule has 1 aliphatic heterocycles. The van der Waals surface area contributed by atoms with Crippen LogP contribution in [0.5, 0.6) is 0 Å². The maximum atomic E-state index is 12.7. The van der Waals surface area contributed by atoms with Gasteiger partial charge in [0.15, 0.2) is 0 Å². The van der Waals surface area contributed by atoms with Gasteiger partial charge in [-0.2, -0.15) is 0 Å². The summed E-state index contributed by atoms with van der Waals surface area (Å²) >= 11 is 5.98. The first-order valence-corrected chi connectivity index (χ1v) is 9.14. The first-order chi connectivity index (χ1) is 11.9. The highest BCUT2D eigenvalue weighted by molar-refractivity contribution is 6.30. The normalized spacial score (nSPS) is 17.7. The summed E-state index contributed by atoms with van der Waals surface area (Å²) in [6.45, 7) is 5.98. The molecule has 1 aromatic rings. The summed E-state index contributed by atoms with van der Waals surface area (Å²) in [6.07, 6.45) is 2.02. The van der Waals surface area contributed by atoms with Gasteiger partial charge in [0.1, 0.15) is 0 Å². The molecule has 6 heteroatoms. The molecular formula is C19H27ClN2O3. The minimum Gasteiger partial charge on any atom is -0.453 e. The smallest absolute Gasteiger partial charge is 0.406 e. The predicted molar refractivity (Wildman–Crippen MR) is 98.8 cm³/mol. The van der Waals surface area contributed by atoms with Crippen molar-refractivity contribution >= 4 is 23.6 Å². The van der Waals surface area contributed by atoms with E-state index in [4.69, 9.17) is 11.6 Å². The lowest BCUT2D eigenvalue weighted by atomic mass is 9.74. The van der Waals surface area contributed by atoms with Crippen LogP contribution in [-0.2, 0) is 14.9 Å². The number of alkyl carbamates (subject to hydrolysis) is 1. The summed E-state index contributed by atoms with van der Waals surface area (Å²) in [6, 6.07) is 8.00. The second kappa shape index (κ2) is 8.56. The second-order valence-electron chi connectivity index (χ2n) is 6.87. The van der Waals surface area contributed by atoms with Crippen molar-refractivity contribution in [2.24, 2.45) is 5.92 Å². The largest absolute Gasteiger partial charge is 0.453 e. The summed E-state index contributed by atoms with van der Waals surface area (Å²) in [5.74, 6) is -0.101. The maximum absolute atomic E-state index is 12.7. The number of carbonyl (C=O) groups is 2. The van der Waals surface area contributed by atoms with Crippen LogP contribution < -0.4 is 5.32 Å². The molecule has 2 amide bonds. The van der Waals surface area contributed by atoms with Gasteiger partial charge in [0, 0.05) is 24.7 Å². The minimum atomic E-state index is -0.500. The Morgan fingerprint density at radius 2 is 1.88 bits per heavy atom. The second-order valence-corrected chi connectivity index (χ2v) is 7.31. The lowest BCUT2D eigenvalue weighted by Crippen LogP contribution is -2.47. The van der Waals surface area contributed by atoms with Gasteiger partial charge < -0.3 is 15.0 Å². The topological polar surface area (TPSA) is 58.6 Å². The number of halogens is 1. The van der Waals surface area contributed by atoms with E-state index in [1.807, 2.05) is 24.0 Å². The van der Waals surface area contributed by atoms with Gasteiger partial charge in [-0.3, -0.25) is 4.79 Å². The number of amides is 2. The van der Waals surface area contributed by atoms with Crippen LogP contribution in [0, 0.1) is 5.92 Å². The molecule has 138 valence electrons. The summed E-state index contributed by atoms with van der Waals surface area (Å²) in [4.78, 5) is 25.9. The molecule has 0 spiro atoms. The van der Waals surface area contributed by atoms with Crippen molar-refractivity contribution in [3.8, 4) is 0 Å². The van der Waals surface area contributed by atoms with Crippen molar-refractivity contribution < 1.29 is 14.3 Å². The molecular weight excluding hydrogens is 340 g/mol. The van der Waals surface area contributed by atoms with E-state index < -0.39 is 6.09 Å². The zero-order valence-electron chi connectivity index (χ0n) is 15.2. The average Bonchev–Trinajstić information content (AvgIpc) is 2.62. The highest BCUT2D eigenvalue weighted by Crippen LogP contribution is 2.35. The zero-order valence-corrected chi connectivity index (χ0v) is 15.9. The number of ether oxygens (including phenoxy) is 1. The zero-order chi connectivity index (χ0) is 18.4. The Bertz CT molecular complexity index is 595. The van der Waals surface area contributed by atoms with Gasteiger partial charge in [-0.1, -0.05) is 37.6 Å². The van der Waals surface area contributed by atoms with E-state index in [1.54, 1.807) is 0 Å². The monoisotopic (exact) mass is 366 g/mol. The van der Waals surface area contributed by atoms with Gasteiger partial charge in [0.05, 0.1) is 13.0 Å². The molecule has 1 aliphatic rings. The van der Waals surface area contributed by atoms with Crippen LogP contribution in [0.25, 0.3) is 0 Å². The SMILES string of the molecule is CCC(CNC(=O)OC)C(=O)N1CCC(C)(c2ccc(Cl)cc2)CC1. The van der Waals surface area contributed by atoms with Crippen LogP contribution in [0.1, 0.15) is 38.7 Å². The number of rotatable bonds is 5. The fourth-order valence-electron chi connectivity index (χ4n) is 3.30. The molecule has 1 unspecified atom stereocenters. The van der Waals surface area contributed by atoms with Crippen LogP contribution in [0.4, 0.5) is 4.79 Å². The molecule has 25 heavy (non-hydrogen) atoms. The molecule has 0 saturated carbocycles. The standard InChI is InChI=1S/C19H27ClN2O3/c1-4-14(13-21-18(24)25-3)17(23)22-11-9-19(2,10-12-22)15-5-7-16(20)8-6-15/h5-8,14H,4,9-13H2,1-3H3,(H,21,24). The molecule has 2 rings (SSSR count). The van der Waals surface area contributed by atoms with E-state index in [0.717, 1.165) is 31.0 Å². The molecule has 0 bridgehead atoms. The van der Waals surface area contributed by atoms with Crippen LogP contribution in [-0.4, -0.2) is 43.6 Å². The highest BCUT2D eigenvalue weighted by Gasteiger charge is 2.34. The van der Waals surface area contributed by atoms with Gasteiger partial charge in [0.2, 0.25) is 5.91 Å². The van der Waals surface area contributed by atoms with Crippen molar-refractivity contribution in [2.45, 2.75) is 38.5 Å². The number of hydrogen-bond acceptors (Lipinski definition) is 3. The molecule has 1 heterocycles. The molecule has 5 nitrogen and oxygen atoms in total. The van der Waals surface area contributed by atoms with Crippen molar-refractivity contribution in [2.75, 3.05) is 26.7 Å². The molecule has 1 aromatic carbocycles. The van der Waals surface area contributed by atoms with Gasteiger partial charge in [0.25, 0.3) is 0 Å². The van der Waals surface area contributed by atoms with Crippen LogP contribution in [0.15, 0.2) is 24.3 Å². The minimum absolute atomic E-state index is 0.0628. The molecule has 1 saturated heterocycles. The maximum Gasteiger partial charge on any atom is 0.406 e. The summed E-state index contributed by atoms with van der Waals surface area (Å²) in [5, 5.41) is 3.37. The third kappa shape index (κ3) is 4.88. The Balaban J connectivity index is 1.94. The van der Waals surface area contributed by atoms with E-state index in [9.17, 15) is 9.59 Å². The number of likely N-dealkylation sites (tertiary alicyclic amines) is 1. The first-order valence-electron chi connectivity index (χ1n) is 8.76. The van der Waals surface area contributed by atoms with E-state index in [2.05, 4.69) is 29.1 Å². The molecule has 0 radical (unpaired) electrons. The van der Waals surface area contributed by atoms with Crippen LogP contribution in [0.2, 0.25) is 5.02 Å². The fourth-order valence-corrected chi connectivity index (χ4v) is 3.43. The Labute approximate surface area is 154 Å². The number of hydrogen-bond donors (Lipinski definition) is 1. The van der Waals surface area contributed by atoms with Crippen molar-refractivity contribution in [1.29, 1.82) is 0 Å².